The van der Waals surface area contributed by atoms with Gasteiger partial charge in [-0.3, -0.25) is 10.1 Å². The number of carboxylic acids is 1. The second-order valence-corrected chi connectivity index (χ2v) is 4.21. The fourth-order valence-electron chi connectivity index (χ4n) is 1.79. The normalized spacial score (nSPS) is 10.2. The van der Waals surface area contributed by atoms with Crippen LogP contribution in [0.15, 0.2) is 36.4 Å². The van der Waals surface area contributed by atoms with Crippen molar-refractivity contribution in [1.82, 2.24) is 0 Å². The maximum absolute atomic E-state index is 13.1. The third kappa shape index (κ3) is 2.97. The predicted molar refractivity (Wildman–Crippen MR) is 71.3 cm³/mol. The van der Waals surface area contributed by atoms with Gasteiger partial charge in [-0.25, -0.2) is 9.18 Å². The molecule has 0 radical (unpaired) electrons. The molecule has 0 amide bonds. The van der Waals surface area contributed by atoms with Gasteiger partial charge in [-0.15, -0.1) is 0 Å². The van der Waals surface area contributed by atoms with E-state index in [4.69, 9.17) is 9.84 Å². The Kier molecular flexibility index (Phi) is 3.84. The van der Waals surface area contributed by atoms with E-state index >= 15 is 0 Å². The van der Waals surface area contributed by atoms with Gasteiger partial charge in [0.15, 0.2) is 0 Å². The first-order valence-electron chi connectivity index (χ1n) is 5.85. The Morgan fingerprint density at radius 3 is 2.62 bits per heavy atom. The SMILES string of the molecule is Cc1c(Oc2ccc(F)cc2C(=O)O)cccc1[N+](=O)[O-]. The minimum absolute atomic E-state index is 0.0903. The van der Waals surface area contributed by atoms with E-state index in [0.717, 1.165) is 18.2 Å². The van der Waals surface area contributed by atoms with Crippen LogP contribution in [0.25, 0.3) is 0 Å². The lowest BCUT2D eigenvalue weighted by Gasteiger charge is -2.11. The summed E-state index contributed by atoms with van der Waals surface area (Å²) in [7, 11) is 0. The van der Waals surface area contributed by atoms with Gasteiger partial charge >= 0.3 is 5.97 Å². The minimum atomic E-state index is -1.35. The molecule has 0 aliphatic rings. The molecule has 0 heterocycles. The maximum atomic E-state index is 13.1. The largest absolute Gasteiger partial charge is 0.478 e. The van der Waals surface area contributed by atoms with Gasteiger partial charge in [-0.2, -0.15) is 0 Å². The zero-order chi connectivity index (χ0) is 15.6. The van der Waals surface area contributed by atoms with Crippen LogP contribution >= 0.6 is 0 Å². The van der Waals surface area contributed by atoms with Crippen LogP contribution in [0, 0.1) is 22.9 Å². The van der Waals surface area contributed by atoms with E-state index < -0.39 is 16.7 Å². The number of benzene rings is 2. The number of nitrogens with zero attached hydrogens (tertiary/aromatic N) is 1. The average molecular weight is 291 g/mol. The Morgan fingerprint density at radius 1 is 1.29 bits per heavy atom. The van der Waals surface area contributed by atoms with Crippen LogP contribution < -0.4 is 4.74 Å². The Balaban J connectivity index is 2.46. The number of nitro groups is 1. The number of hydrogen-bond donors (Lipinski definition) is 1. The van der Waals surface area contributed by atoms with Gasteiger partial charge < -0.3 is 9.84 Å². The lowest BCUT2D eigenvalue weighted by Crippen LogP contribution is -2.02. The minimum Gasteiger partial charge on any atom is -0.478 e. The van der Waals surface area contributed by atoms with Crippen LogP contribution in [0.3, 0.4) is 0 Å². The topological polar surface area (TPSA) is 89.7 Å². The monoisotopic (exact) mass is 291 g/mol. The Bertz CT molecular complexity index is 729. The van der Waals surface area contributed by atoms with Gasteiger partial charge in [0.1, 0.15) is 22.9 Å². The molecule has 1 N–H and O–H groups in total. The van der Waals surface area contributed by atoms with Crippen LogP contribution in [0.4, 0.5) is 10.1 Å². The van der Waals surface area contributed by atoms with Crippen molar-refractivity contribution in [2.24, 2.45) is 0 Å². The molecule has 2 aromatic rings. The molecule has 6 nitrogen and oxygen atoms in total. The van der Waals surface area contributed by atoms with Crippen LogP contribution in [0.2, 0.25) is 0 Å². The number of aromatic carboxylic acids is 1. The second kappa shape index (κ2) is 5.58. The van der Waals surface area contributed by atoms with E-state index in [2.05, 4.69) is 0 Å². The number of hydrogen-bond acceptors (Lipinski definition) is 4. The highest BCUT2D eigenvalue weighted by Crippen LogP contribution is 2.32. The van der Waals surface area contributed by atoms with Gasteiger partial charge in [-0.05, 0) is 31.2 Å². The molecule has 0 aliphatic carbocycles. The molecule has 0 unspecified atom stereocenters. The molecule has 0 spiro atoms. The van der Waals surface area contributed by atoms with Gasteiger partial charge in [0.05, 0.1) is 10.5 Å². The average Bonchev–Trinajstić information content (AvgIpc) is 2.42. The molecule has 0 bridgehead atoms. The molecule has 0 aromatic heterocycles. The van der Waals surface area contributed by atoms with Gasteiger partial charge in [-0.1, -0.05) is 6.07 Å². The molecule has 0 aliphatic heterocycles. The van der Waals surface area contributed by atoms with Crippen molar-refractivity contribution in [3.05, 3.63) is 63.5 Å². The number of ether oxygens (including phenoxy) is 1. The predicted octanol–water partition coefficient (Wildman–Crippen LogP) is 3.53. The van der Waals surface area contributed by atoms with Gasteiger partial charge in [0.2, 0.25) is 0 Å². The van der Waals surface area contributed by atoms with E-state index in [1.54, 1.807) is 0 Å². The summed E-state index contributed by atoms with van der Waals surface area (Å²) in [5, 5.41) is 19.9. The highest BCUT2D eigenvalue weighted by molar-refractivity contribution is 5.91. The van der Waals surface area contributed by atoms with Crippen molar-refractivity contribution < 1.29 is 24.0 Å². The van der Waals surface area contributed by atoms with Crippen LogP contribution in [-0.2, 0) is 0 Å². The van der Waals surface area contributed by atoms with E-state index in [0.29, 0.717) is 0 Å². The summed E-state index contributed by atoms with van der Waals surface area (Å²) < 4.78 is 18.5. The first-order valence-corrected chi connectivity index (χ1v) is 5.85. The zero-order valence-corrected chi connectivity index (χ0v) is 10.9. The smallest absolute Gasteiger partial charge is 0.339 e. The number of carbonyl (C=O) groups is 1. The number of rotatable bonds is 4. The molecule has 21 heavy (non-hydrogen) atoms. The molecule has 2 rings (SSSR count). The molecular weight excluding hydrogens is 281 g/mol. The Hall–Kier alpha value is -2.96. The summed E-state index contributed by atoms with van der Waals surface area (Å²) in [6.45, 7) is 1.48. The van der Waals surface area contributed by atoms with E-state index in [1.807, 2.05) is 0 Å². The molecule has 0 atom stereocenters. The number of halogens is 1. The summed E-state index contributed by atoms with van der Waals surface area (Å²) in [5.41, 5.74) is -0.254. The van der Waals surface area contributed by atoms with E-state index in [9.17, 15) is 19.3 Å². The van der Waals surface area contributed by atoms with Gasteiger partial charge in [0.25, 0.3) is 5.69 Å². The molecule has 0 saturated heterocycles. The Morgan fingerprint density at radius 2 is 2.00 bits per heavy atom. The highest BCUT2D eigenvalue weighted by Gasteiger charge is 2.18. The molecule has 2 aromatic carbocycles. The van der Waals surface area contributed by atoms with Crippen LogP contribution in [-0.4, -0.2) is 16.0 Å². The third-order valence-corrected chi connectivity index (χ3v) is 2.84. The summed E-state index contributed by atoms with van der Waals surface area (Å²) in [5.74, 6) is -2.02. The standard InChI is InChI=1S/C14H10FNO5/c1-8-11(16(19)20)3-2-4-12(8)21-13-6-5-9(15)7-10(13)14(17)18/h2-7H,1H3,(H,17,18). The zero-order valence-electron chi connectivity index (χ0n) is 10.9. The summed E-state index contributed by atoms with van der Waals surface area (Å²) >= 11 is 0. The van der Waals surface area contributed by atoms with Crippen molar-refractivity contribution in [2.45, 2.75) is 6.92 Å². The highest BCUT2D eigenvalue weighted by atomic mass is 19.1. The molecule has 0 fully saturated rings. The lowest BCUT2D eigenvalue weighted by molar-refractivity contribution is -0.385. The fraction of sp³-hybridized carbons (Fsp3) is 0.0714. The fourth-order valence-corrected chi connectivity index (χ4v) is 1.79. The lowest BCUT2D eigenvalue weighted by atomic mass is 10.1. The van der Waals surface area contributed by atoms with Crippen molar-refractivity contribution in [2.75, 3.05) is 0 Å². The summed E-state index contributed by atoms with van der Waals surface area (Å²) in [4.78, 5) is 21.4. The molecule has 0 saturated carbocycles. The van der Waals surface area contributed by atoms with E-state index in [1.165, 1.54) is 25.1 Å². The first kappa shape index (κ1) is 14.4. The van der Waals surface area contributed by atoms with E-state index in [-0.39, 0.29) is 28.3 Å². The first-order chi connectivity index (χ1) is 9.90. The number of carboxylic acid groups (broad SMARTS) is 1. The quantitative estimate of drug-likeness (QED) is 0.687. The van der Waals surface area contributed by atoms with Crippen molar-refractivity contribution in [1.29, 1.82) is 0 Å². The van der Waals surface area contributed by atoms with Crippen LogP contribution in [0.5, 0.6) is 11.5 Å². The Labute approximate surface area is 118 Å². The maximum Gasteiger partial charge on any atom is 0.339 e. The van der Waals surface area contributed by atoms with Crippen molar-refractivity contribution in [3.8, 4) is 11.5 Å². The second-order valence-electron chi connectivity index (χ2n) is 4.21. The van der Waals surface area contributed by atoms with Gasteiger partial charge in [0, 0.05) is 6.07 Å². The van der Waals surface area contributed by atoms with Crippen molar-refractivity contribution >= 4 is 11.7 Å². The molecule has 108 valence electrons. The number of nitro benzene ring substituents is 1. The molecule has 7 heteroatoms. The summed E-state index contributed by atoms with van der Waals surface area (Å²) in [6, 6.07) is 7.24. The third-order valence-electron chi connectivity index (χ3n) is 2.84. The summed E-state index contributed by atoms with van der Waals surface area (Å²) in [6.07, 6.45) is 0. The van der Waals surface area contributed by atoms with Crippen LogP contribution in [0.1, 0.15) is 15.9 Å². The van der Waals surface area contributed by atoms with Crippen molar-refractivity contribution in [3.63, 3.8) is 0 Å². The molecular formula is C14H10FNO5.